The smallest absolute Gasteiger partial charge is 0.237 e. The van der Waals surface area contributed by atoms with Crippen molar-refractivity contribution in [2.45, 2.75) is 26.7 Å². The van der Waals surface area contributed by atoms with E-state index in [0.29, 0.717) is 24.7 Å². The molecule has 0 aliphatic heterocycles. The molecule has 0 aromatic heterocycles. The number of nitriles is 1. The van der Waals surface area contributed by atoms with Crippen LogP contribution in [0.1, 0.15) is 26.7 Å². The first-order valence-corrected chi connectivity index (χ1v) is 4.23. The minimum absolute atomic E-state index is 0.428. The molecule has 0 spiro atoms. The summed E-state index contributed by atoms with van der Waals surface area (Å²) in [6.07, 6.45) is 1.25. The van der Waals surface area contributed by atoms with Crippen LogP contribution in [-0.2, 0) is 4.79 Å². The summed E-state index contributed by atoms with van der Waals surface area (Å²) in [5.74, 6) is 0.399. The van der Waals surface area contributed by atoms with Gasteiger partial charge in [0.15, 0.2) is 0 Å². The third-order valence-electron chi connectivity index (χ3n) is 3.00. The Kier molecular flexibility index (Phi) is 2.10. The number of carbonyl (C=O) groups excluding carboxylic acids is 1. The van der Waals surface area contributed by atoms with E-state index >= 15 is 0 Å². The topological polar surface area (TPSA) is 66.9 Å². The summed E-state index contributed by atoms with van der Waals surface area (Å²) in [7, 11) is 0. The number of rotatable bonds is 1. The second-order valence-electron chi connectivity index (χ2n) is 3.92. The number of primary amides is 1. The number of nitrogens with two attached hydrogens (primary N) is 1. The van der Waals surface area contributed by atoms with E-state index in [1.54, 1.807) is 0 Å². The fraction of sp³-hybridized carbons (Fsp3) is 0.778. The van der Waals surface area contributed by atoms with Gasteiger partial charge in [-0.1, -0.05) is 13.8 Å². The molecule has 2 N–H and O–H groups in total. The average molecular weight is 166 g/mol. The Bertz CT molecular complexity index is 231. The summed E-state index contributed by atoms with van der Waals surface area (Å²) in [4.78, 5) is 11.0. The van der Waals surface area contributed by atoms with Crippen LogP contribution in [0.4, 0.5) is 0 Å². The fourth-order valence-electron chi connectivity index (χ4n) is 1.93. The van der Waals surface area contributed by atoms with Crippen molar-refractivity contribution < 1.29 is 4.79 Å². The maximum Gasteiger partial charge on any atom is 0.237 e. The molecule has 0 radical (unpaired) electrons. The van der Waals surface area contributed by atoms with Crippen molar-refractivity contribution in [2.75, 3.05) is 0 Å². The highest BCUT2D eigenvalue weighted by atomic mass is 16.1. The fourth-order valence-corrected chi connectivity index (χ4v) is 1.93. The van der Waals surface area contributed by atoms with E-state index in [1.165, 1.54) is 0 Å². The molecule has 0 bridgehead atoms. The summed E-state index contributed by atoms with van der Waals surface area (Å²) < 4.78 is 0. The Morgan fingerprint density at radius 3 is 2.08 bits per heavy atom. The molecule has 0 heterocycles. The molecule has 12 heavy (non-hydrogen) atoms. The van der Waals surface area contributed by atoms with Gasteiger partial charge in [0.25, 0.3) is 0 Å². The van der Waals surface area contributed by atoms with E-state index in [2.05, 4.69) is 19.9 Å². The van der Waals surface area contributed by atoms with Gasteiger partial charge >= 0.3 is 0 Å². The zero-order valence-electron chi connectivity index (χ0n) is 7.50. The van der Waals surface area contributed by atoms with Crippen LogP contribution >= 0.6 is 0 Å². The van der Waals surface area contributed by atoms with Crippen LogP contribution in [0.2, 0.25) is 0 Å². The van der Waals surface area contributed by atoms with Gasteiger partial charge in [0, 0.05) is 0 Å². The zero-order chi connectivity index (χ0) is 9.35. The lowest BCUT2D eigenvalue weighted by Gasteiger charge is -2.14. The monoisotopic (exact) mass is 166 g/mol. The van der Waals surface area contributed by atoms with Gasteiger partial charge in [0.2, 0.25) is 5.91 Å². The minimum atomic E-state index is -0.876. The highest BCUT2D eigenvalue weighted by Crippen LogP contribution is 2.44. The SMILES string of the molecule is C[C@@H]1C[C@](C#N)(C(N)=O)C[C@@H]1C. The van der Waals surface area contributed by atoms with Gasteiger partial charge in [-0.2, -0.15) is 5.26 Å². The van der Waals surface area contributed by atoms with Crippen LogP contribution < -0.4 is 5.73 Å². The maximum atomic E-state index is 11.0. The standard InChI is InChI=1S/C9H14N2O/c1-6-3-9(5-10,8(11)12)4-7(6)2/h6-7H,3-4H2,1-2H3,(H2,11,12)/t6-,7+,9+. The number of hydrogen-bond donors (Lipinski definition) is 1. The molecule has 1 saturated carbocycles. The molecule has 1 rings (SSSR count). The molecule has 0 unspecified atom stereocenters. The van der Waals surface area contributed by atoms with Crippen LogP contribution in [0.5, 0.6) is 0 Å². The largest absolute Gasteiger partial charge is 0.368 e. The Hall–Kier alpha value is -1.04. The highest BCUT2D eigenvalue weighted by Gasteiger charge is 2.46. The summed E-state index contributed by atoms with van der Waals surface area (Å²) in [5, 5.41) is 8.87. The molecular formula is C9H14N2O. The third-order valence-corrected chi connectivity index (χ3v) is 3.00. The number of carbonyl (C=O) groups is 1. The number of hydrogen-bond acceptors (Lipinski definition) is 2. The summed E-state index contributed by atoms with van der Waals surface area (Å²) in [6, 6.07) is 2.06. The molecule has 1 amide bonds. The van der Waals surface area contributed by atoms with Crippen LogP contribution in [0.25, 0.3) is 0 Å². The van der Waals surface area contributed by atoms with E-state index in [9.17, 15) is 4.79 Å². The summed E-state index contributed by atoms with van der Waals surface area (Å²) in [6.45, 7) is 4.12. The highest BCUT2D eigenvalue weighted by molar-refractivity contribution is 5.84. The summed E-state index contributed by atoms with van der Waals surface area (Å²) >= 11 is 0. The third kappa shape index (κ3) is 1.18. The van der Waals surface area contributed by atoms with Gasteiger partial charge in [0.05, 0.1) is 6.07 Å². The lowest BCUT2D eigenvalue weighted by atomic mass is 9.86. The predicted molar refractivity (Wildman–Crippen MR) is 44.8 cm³/mol. The van der Waals surface area contributed by atoms with Crippen LogP contribution in [-0.4, -0.2) is 5.91 Å². The predicted octanol–water partition coefficient (Wildman–Crippen LogP) is 1.05. The van der Waals surface area contributed by atoms with Crippen molar-refractivity contribution in [1.82, 2.24) is 0 Å². The quantitative estimate of drug-likeness (QED) is 0.632. The normalized spacial score (nSPS) is 40.8. The van der Waals surface area contributed by atoms with E-state index in [4.69, 9.17) is 11.0 Å². The van der Waals surface area contributed by atoms with Crippen molar-refractivity contribution in [3.63, 3.8) is 0 Å². The first kappa shape index (κ1) is 9.05. The lowest BCUT2D eigenvalue weighted by molar-refractivity contribution is -0.124. The lowest BCUT2D eigenvalue weighted by Crippen LogP contribution is -2.33. The number of amides is 1. The molecule has 0 aromatic rings. The summed E-state index contributed by atoms with van der Waals surface area (Å²) in [5.41, 5.74) is 4.33. The second kappa shape index (κ2) is 2.78. The van der Waals surface area contributed by atoms with Crippen LogP contribution in [0.3, 0.4) is 0 Å². The van der Waals surface area contributed by atoms with Gasteiger partial charge in [0.1, 0.15) is 5.41 Å². The van der Waals surface area contributed by atoms with E-state index in [0.717, 1.165) is 0 Å². The maximum absolute atomic E-state index is 11.0. The van der Waals surface area contributed by atoms with Crippen molar-refractivity contribution in [3.8, 4) is 6.07 Å². The van der Waals surface area contributed by atoms with Crippen molar-refractivity contribution in [1.29, 1.82) is 5.26 Å². The van der Waals surface area contributed by atoms with E-state index in [-0.39, 0.29) is 0 Å². The molecule has 0 saturated heterocycles. The van der Waals surface area contributed by atoms with Gasteiger partial charge in [-0.25, -0.2) is 0 Å². The molecule has 3 heteroatoms. The van der Waals surface area contributed by atoms with E-state index in [1.807, 2.05) is 0 Å². The molecule has 3 nitrogen and oxygen atoms in total. The molecule has 1 aliphatic rings. The van der Waals surface area contributed by atoms with Crippen molar-refractivity contribution in [3.05, 3.63) is 0 Å². The van der Waals surface area contributed by atoms with E-state index < -0.39 is 11.3 Å². The second-order valence-corrected chi connectivity index (χ2v) is 3.92. The Morgan fingerprint density at radius 2 is 1.92 bits per heavy atom. The molecule has 3 atom stereocenters. The van der Waals surface area contributed by atoms with Gasteiger partial charge < -0.3 is 5.73 Å². The molecule has 0 aromatic carbocycles. The van der Waals surface area contributed by atoms with Crippen molar-refractivity contribution >= 4 is 5.91 Å². The molecular weight excluding hydrogens is 152 g/mol. The van der Waals surface area contributed by atoms with Gasteiger partial charge in [-0.05, 0) is 24.7 Å². The van der Waals surface area contributed by atoms with Crippen LogP contribution in [0, 0.1) is 28.6 Å². The first-order valence-electron chi connectivity index (χ1n) is 4.23. The molecule has 66 valence electrons. The Labute approximate surface area is 72.5 Å². The zero-order valence-corrected chi connectivity index (χ0v) is 7.50. The van der Waals surface area contributed by atoms with Gasteiger partial charge in [-0.3, -0.25) is 4.79 Å². The molecule has 1 aliphatic carbocycles. The van der Waals surface area contributed by atoms with Gasteiger partial charge in [-0.15, -0.1) is 0 Å². The Morgan fingerprint density at radius 1 is 1.50 bits per heavy atom. The Balaban J connectivity index is 2.88. The number of nitrogens with zero attached hydrogens (tertiary/aromatic N) is 1. The minimum Gasteiger partial charge on any atom is -0.368 e. The van der Waals surface area contributed by atoms with Crippen LogP contribution in [0.15, 0.2) is 0 Å². The average Bonchev–Trinajstić information content (AvgIpc) is 2.29. The first-order chi connectivity index (χ1) is 5.52. The molecule has 1 fully saturated rings. The van der Waals surface area contributed by atoms with Crippen molar-refractivity contribution in [2.24, 2.45) is 23.0 Å².